The number of hydrogen-bond donors (Lipinski definition) is 2. The molecule has 0 bridgehead atoms. The molecular weight excluding hydrogens is 441 g/mol. The lowest BCUT2D eigenvalue weighted by molar-refractivity contribution is -0.113. The molecule has 0 radical (unpaired) electrons. The van der Waals surface area contributed by atoms with Crippen LogP contribution in [0.25, 0.3) is 16.5 Å². The van der Waals surface area contributed by atoms with Gasteiger partial charge in [-0.15, -0.1) is 0 Å². The van der Waals surface area contributed by atoms with Crippen molar-refractivity contribution < 1.29 is 14.3 Å². The Morgan fingerprint density at radius 3 is 2.61 bits per heavy atom. The van der Waals surface area contributed by atoms with Crippen LogP contribution in [0.5, 0.6) is 5.88 Å². The molecule has 0 saturated carbocycles. The van der Waals surface area contributed by atoms with Gasteiger partial charge < -0.3 is 10.4 Å². The fraction of sp³-hybridized carbons (Fsp3) is 0.160. The van der Waals surface area contributed by atoms with Crippen LogP contribution in [0, 0.1) is 12.7 Å². The van der Waals surface area contributed by atoms with Gasteiger partial charge >= 0.3 is 0 Å². The van der Waals surface area contributed by atoms with Crippen molar-refractivity contribution in [3.8, 4) is 11.6 Å². The molecule has 1 amide bonds. The van der Waals surface area contributed by atoms with Gasteiger partial charge in [-0.1, -0.05) is 36.0 Å². The molecule has 0 saturated heterocycles. The molecule has 0 unspecified atom stereocenters. The third kappa shape index (κ3) is 3.87. The number of benzene rings is 3. The molecule has 6 nitrogen and oxygen atoms in total. The second kappa shape index (κ2) is 8.37. The van der Waals surface area contributed by atoms with E-state index in [1.54, 1.807) is 0 Å². The van der Waals surface area contributed by atoms with E-state index in [-0.39, 0.29) is 22.4 Å². The van der Waals surface area contributed by atoms with Crippen LogP contribution in [0.2, 0.25) is 0 Å². The van der Waals surface area contributed by atoms with E-state index in [0.717, 1.165) is 35.7 Å². The number of aryl methyl sites for hydroxylation is 2. The number of carbonyl (C=O) groups is 1. The topological polar surface area (TPSA) is 84.2 Å². The Bertz CT molecular complexity index is 1450. The summed E-state index contributed by atoms with van der Waals surface area (Å²) in [4.78, 5) is 29.7. The lowest BCUT2D eigenvalue weighted by Gasteiger charge is -2.14. The van der Waals surface area contributed by atoms with Gasteiger partial charge in [0, 0.05) is 11.1 Å². The molecule has 166 valence electrons. The van der Waals surface area contributed by atoms with Crippen LogP contribution in [0.3, 0.4) is 0 Å². The minimum absolute atomic E-state index is 0.0287. The molecule has 4 aromatic rings. The maximum atomic E-state index is 13.4. The Morgan fingerprint density at radius 2 is 1.85 bits per heavy atom. The number of halogens is 1. The smallest absolute Gasteiger partial charge is 0.265 e. The van der Waals surface area contributed by atoms with E-state index in [4.69, 9.17) is 0 Å². The molecule has 0 fully saturated rings. The molecule has 1 aliphatic carbocycles. The maximum absolute atomic E-state index is 13.4. The van der Waals surface area contributed by atoms with Crippen molar-refractivity contribution in [1.82, 2.24) is 9.55 Å². The van der Waals surface area contributed by atoms with Crippen molar-refractivity contribution in [3.05, 3.63) is 87.5 Å². The number of aromatic hydroxyl groups is 1. The number of anilines is 1. The molecule has 2 N–H and O–H groups in total. The van der Waals surface area contributed by atoms with E-state index in [0.29, 0.717) is 5.69 Å². The third-order valence-electron chi connectivity index (χ3n) is 5.82. The van der Waals surface area contributed by atoms with Crippen molar-refractivity contribution in [2.45, 2.75) is 24.9 Å². The highest BCUT2D eigenvalue weighted by Gasteiger charge is 2.19. The summed E-state index contributed by atoms with van der Waals surface area (Å²) in [5.41, 5.74) is 3.29. The summed E-state index contributed by atoms with van der Waals surface area (Å²) >= 11 is 1.02. The van der Waals surface area contributed by atoms with Gasteiger partial charge in [-0.3, -0.25) is 14.2 Å². The third-order valence-corrected chi connectivity index (χ3v) is 6.76. The van der Waals surface area contributed by atoms with Gasteiger partial charge in [0.1, 0.15) is 5.82 Å². The zero-order valence-corrected chi connectivity index (χ0v) is 18.6. The zero-order chi connectivity index (χ0) is 23.1. The summed E-state index contributed by atoms with van der Waals surface area (Å²) in [6.45, 7) is 1.46. The van der Waals surface area contributed by atoms with E-state index >= 15 is 0 Å². The highest BCUT2D eigenvalue weighted by atomic mass is 32.2. The first-order valence-electron chi connectivity index (χ1n) is 10.5. The molecule has 5 rings (SSSR count). The first-order valence-corrected chi connectivity index (χ1v) is 11.5. The quantitative estimate of drug-likeness (QED) is 0.341. The summed E-state index contributed by atoms with van der Waals surface area (Å²) in [6, 6.07) is 15.5. The van der Waals surface area contributed by atoms with E-state index < -0.39 is 17.3 Å². The average Bonchev–Trinajstić information content (AvgIpc) is 3.23. The normalized spacial score (nSPS) is 12.3. The Kier molecular flexibility index (Phi) is 5.38. The zero-order valence-electron chi connectivity index (χ0n) is 17.8. The number of amides is 1. The van der Waals surface area contributed by atoms with Gasteiger partial charge in [-0.25, -0.2) is 4.39 Å². The van der Waals surface area contributed by atoms with Crippen molar-refractivity contribution in [1.29, 1.82) is 0 Å². The van der Waals surface area contributed by atoms with Crippen molar-refractivity contribution >= 4 is 34.1 Å². The summed E-state index contributed by atoms with van der Waals surface area (Å²) in [7, 11) is 0. The Balaban J connectivity index is 1.41. The van der Waals surface area contributed by atoms with Gasteiger partial charge in [0.15, 0.2) is 5.16 Å². The van der Waals surface area contributed by atoms with Crippen LogP contribution in [0.15, 0.2) is 64.5 Å². The number of rotatable bonds is 5. The fourth-order valence-corrected chi connectivity index (χ4v) is 4.96. The molecule has 0 spiro atoms. The highest BCUT2D eigenvalue weighted by Crippen LogP contribution is 2.35. The predicted octanol–water partition coefficient (Wildman–Crippen LogP) is 4.37. The summed E-state index contributed by atoms with van der Waals surface area (Å²) in [5, 5.41) is 15.4. The molecule has 0 atom stereocenters. The fourth-order valence-electron chi connectivity index (χ4n) is 4.16. The molecule has 3 aromatic carbocycles. The van der Waals surface area contributed by atoms with Gasteiger partial charge in [-0.2, -0.15) is 4.98 Å². The van der Waals surface area contributed by atoms with Gasteiger partial charge in [0.2, 0.25) is 11.8 Å². The van der Waals surface area contributed by atoms with E-state index in [1.165, 1.54) is 52.3 Å². The number of thioether (sulfide) groups is 1. The monoisotopic (exact) mass is 461 g/mol. The van der Waals surface area contributed by atoms with E-state index in [2.05, 4.69) is 16.4 Å². The molecule has 8 heteroatoms. The van der Waals surface area contributed by atoms with E-state index in [1.807, 2.05) is 24.3 Å². The summed E-state index contributed by atoms with van der Waals surface area (Å²) in [6.07, 6.45) is 2.01. The van der Waals surface area contributed by atoms with Gasteiger partial charge in [-0.05, 0) is 66.6 Å². The molecular formula is C25H20FN3O3S. The number of nitrogens with zero attached hydrogens (tertiary/aromatic N) is 2. The Hall–Kier alpha value is -3.65. The molecule has 1 aromatic heterocycles. The summed E-state index contributed by atoms with van der Waals surface area (Å²) in [5.74, 6) is -1.12. The highest BCUT2D eigenvalue weighted by molar-refractivity contribution is 7.99. The average molecular weight is 462 g/mol. The minimum Gasteiger partial charge on any atom is -0.493 e. The molecule has 1 aliphatic rings. The van der Waals surface area contributed by atoms with Crippen molar-refractivity contribution in [2.75, 3.05) is 11.1 Å². The maximum Gasteiger partial charge on any atom is 0.265 e. The molecule has 1 heterocycles. The van der Waals surface area contributed by atoms with Crippen LogP contribution in [-0.2, 0) is 17.6 Å². The van der Waals surface area contributed by atoms with Crippen LogP contribution in [-0.4, -0.2) is 26.3 Å². The van der Waals surface area contributed by atoms with Crippen LogP contribution in [0.4, 0.5) is 10.1 Å². The number of aromatic nitrogens is 2. The lowest BCUT2D eigenvalue weighted by atomic mass is 10.0. The van der Waals surface area contributed by atoms with Crippen LogP contribution < -0.4 is 10.9 Å². The number of hydrogen-bond acceptors (Lipinski definition) is 5. The molecule has 33 heavy (non-hydrogen) atoms. The van der Waals surface area contributed by atoms with Gasteiger partial charge in [0.05, 0.1) is 17.0 Å². The first-order chi connectivity index (χ1) is 15.9. The van der Waals surface area contributed by atoms with Crippen molar-refractivity contribution in [3.63, 3.8) is 0 Å². The van der Waals surface area contributed by atoms with E-state index in [9.17, 15) is 19.1 Å². The minimum atomic E-state index is -0.482. The number of carbonyl (C=O) groups excluding carboxylic acids is 1. The van der Waals surface area contributed by atoms with Crippen molar-refractivity contribution in [2.24, 2.45) is 0 Å². The predicted molar refractivity (Wildman–Crippen MR) is 127 cm³/mol. The largest absolute Gasteiger partial charge is 0.493 e. The first kappa shape index (κ1) is 21.2. The summed E-state index contributed by atoms with van der Waals surface area (Å²) < 4.78 is 14.6. The second-order valence-electron chi connectivity index (χ2n) is 7.91. The Morgan fingerprint density at radius 1 is 1.12 bits per heavy atom. The standard InChI is InChI=1S/C25H20FN3O3S/c1-14-23(31)28-25(29(24(14)32)18-10-8-17(26)9-11-18)33-13-21(30)27-20-12-7-16-6-5-15-3-2-4-19(20)22(15)16/h2-4,7-12,31H,5-6,13H2,1H3,(H,27,30). The van der Waals surface area contributed by atoms with Crippen LogP contribution in [0.1, 0.15) is 16.7 Å². The molecule has 0 aliphatic heterocycles. The van der Waals surface area contributed by atoms with Crippen LogP contribution >= 0.6 is 11.8 Å². The van der Waals surface area contributed by atoms with Gasteiger partial charge in [0.25, 0.3) is 5.56 Å². The Labute approximate surface area is 193 Å². The number of nitrogens with one attached hydrogen (secondary N) is 1. The second-order valence-corrected chi connectivity index (χ2v) is 8.85. The SMILES string of the molecule is Cc1c(O)nc(SCC(=O)Nc2ccc3c4c(cccc24)CC3)n(-c2ccc(F)cc2)c1=O. The lowest BCUT2D eigenvalue weighted by Crippen LogP contribution is -2.24.